The minimum atomic E-state index is -1.03. The Morgan fingerprint density at radius 3 is 2.64 bits per heavy atom. The molecule has 2 aromatic rings. The third kappa shape index (κ3) is 5.38. The summed E-state index contributed by atoms with van der Waals surface area (Å²) in [5.41, 5.74) is 1.25. The Hall–Kier alpha value is -2.76. The summed E-state index contributed by atoms with van der Waals surface area (Å²) < 4.78 is 11.0. The van der Waals surface area contributed by atoms with Crippen molar-refractivity contribution in [3.63, 3.8) is 0 Å². The first-order valence-corrected chi connectivity index (χ1v) is 8.13. The second-order valence-electron chi connectivity index (χ2n) is 6.01. The van der Waals surface area contributed by atoms with Gasteiger partial charge in [0.1, 0.15) is 22.8 Å². The molecule has 1 aromatic heterocycles. The quantitative estimate of drug-likeness (QED) is 0.742. The molecule has 1 N–H and O–H groups in total. The first-order chi connectivity index (χ1) is 11.9. The summed E-state index contributed by atoms with van der Waals surface area (Å²) in [6.07, 6.45) is 0.961. The lowest BCUT2D eigenvalue weighted by Gasteiger charge is -2.15. The maximum Gasteiger partial charge on any atom is 0.339 e. The van der Waals surface area contributed by atoms with E-state index in [0.717, 1.165) is 11.3 Å². The van der Waals surface area contributed by atoms with Crippen LogP contribution in [0, 0.1) is 13.8 Å². The molecular formula is C19H23NO5. The molecule has 25 heavy (non-hydrogen) atoms. The first kappa shape index (κ1) is 18.6. The van der Waals surface area contributed by atoms with Crippen molar-refractivity contribution in [1.82, 2.24) is 4.90 Å². The number of amides is 1. The zero-order chi connectivity index (χ0) is 18.4. The van der Waals surface area contributed by atoms with Crippen LogP contribution >= 0.6 is 0 Å². The van der Waals surface area contributed by atoms with Crippen LogP contribution < -0.4 is 4.74 Å². The van der Waals surface area contributed by atoms with Gasteiger partial charge in [-0.25, -0.2) is 4.79 Å². The molecule has 0 aliphatic heterocycles. The third-order valence-corrected chi connectivity index (χ3v) is 3.81. The number of aryl methyl sites for hydroxylation is 2. The van der Waals surface area contributed by atoms with E-state index in [1.54, 1.807) is 14.0 Å². The third-order valence-electron chi connectivity index (χ3n) is 3.81. The number of rotatable bonds is 8. The maximum atomic E-state index is 12.2. The van der Waals surface area contributed by atoms with E-state index in [2.05, 4.69) is 0 Å². The standard InChI is InChI=1S/C19H23NO5/c1-13-6-4-7-15(10-13)24-9-5-8-18(21)20(3)12-16-11-17(19(22)23)14(2)25-16/h4,6-7,10-11H,5,8-9,12H2,1-3H3,(H,22,23). The average Bonchev–Trinajstić information content (AvgIpc) is 2.92. The van der Waals surface area contributed by atoms with E-state index in [-0.39, 0.29) is 18.0 Å². The van der Waals surface area contributed by atoms with Gasteiger partial charge in [0.15, 0.2) is 0 Å². The predicted molar refractivity (Wildman–Crippen MR) is 92.8 cm³/mol. The predicted octanol–water partition coefficient (Wildman–Crippen LogP) is 3.41. The summed E-state index contributed by atoms with van der Waals surface area (Å²) in [7, 11) is 1.67. The summed E-state index contributed by atoms with van der Waals surface area (Å²) in [5.74, 6) is 0.526. The van der Waals surface area contributed by atoms with Crippen LogP contribution in [0.4, 0.5) is 0 Å². The number of carbonyl (C=O) groups excluding carboxylic acids is 1. The van der Waals surface area contributed by atoms with Crippen molar-refractivity contribution < 1.29 is 23.8 Å². The number of furan rings is 1. The molecule has 0 radical (unpaired) electrons. The van der Waals surface area contributed by atoms with E-state index in [1.807, 2.05) is 31.2 Å². The van der Waals surface area contributed by atoms with Crippen molar-refractivity contribution >= 4 is 11.9 Å². The zero-order valence-electron chi connectivity index (χ0n) is 14.7. The first-order valence-electron chi connectivity index (χ1n) is 8.13. The van der Waals surface area contributed by atoms with E-state index >= 15 is 0 Å². The topological polar surface area (TPSA) is 80.0 Å². The Morgan fingerprint density at radius 1 is 1.24 bits per heavy atom. The van der Waals surface area contributed by atoms with Crippen LogP contribution in [-0.4, -0.2) is 35.5 Å². The lowest BCUT2D eigenvalue weighted by molar-refractivity contribution is -0.130. The van der Waals surface area contributed by atoms with Crippen LogP contribution in [0.3, 0.4) is 0 Å². The average molecular weight is 345 g/mol. The fraction of sp³-hybridized carbons (Fsp3) is 0.368. The van der Waals surface area contributed by atoms with Crippen molar-refractivity contribution in [2.75, 3.05) is 13.7 Å². The van der Waals surface area contributed by atoms with E-state index < -0.39 is 5.97 Å². The Labute approximate surface area is 147 Å². The van der Waals surface area contributed by atoms with Gasteiger partial charge in [-0.15, -0.1) is 0 Å². The Bertz CT molecular complexity index is 750. The number of aromatic carboxylic acids is 1. The van der Waals surface area contributed by atoms with Crippen molar-refractivity contribution in [1.29, 1.82) is 0 Å². The Kier molecular flexibility index (Phi) is 6.22. The van der Waals surface area contributed by atoms with Gasteiger partial charge in [-0.2, -0.15) is 0 Å². The van der Waals surface area contributed by atoms with Crippen molar-refractivity contribution in [3.8, 4) is 5.75 Å². The van der Waals surface area contributed by atoms with Gasteiger partial charge in [-0.1, -0.05) is 12.1 Å². The fourth-order valence-corrected chi connectivity index (χ4v) is 2.47. The summed E-state index contributed by atoms with van der Waals surface area (Å²) in [4.78, 5) is 24.7. The second-order valence-corrected chi connectivity index (χ2v) is 6.01. The lowest BCUT2D eigenvalue weighted by atomic mass is 10.2. The van der Waals surface area contributed by atoms with Crippen LogP contribution in [0.1, 0.15) is 40.3 Å². The Morgan fingerprint density at radius 2 is 2.00 bits per heavy atom. The highest BCUT2D eigenvalue weighted by Crippen LogP contribution is 2.17. The molecule has 0 unspecified atom stereocenters. The number of nitrogens with zero attached hydrogens (tertiary/aromatic N) is 1. The smallest absolute Gasteiger partial charge is 0.339 e. The van der Waals surface area contributed by atoms with E-state index in [4.69, 9.17) is 14.3 Å². The van der Waals surface area contributed by atoms with Gasteiger partial charge in [0.25, 0.3) is 0 Å². The van der Waals surface area contributed by atoms with Gasteiger partial charge in [-0.3, -0.25) is 4.79 Å². The molecule has 0 atom stereocenters. The molecule has 0 fully saturated rings. The van der Waals surface area contributed by atoms with Crippen LogP contribution in [0.5, 0.6) is 5.75 Å². The van der Waals surface area contributed by atoms with Crippen molar-refractivity contribution in [2.24, 2.45) is 0 Å². The van der Waals surface area contributed by atoms with Crippen LogP contribution in [0.2, 0.25) is 0 Å². The van der Waals surface area contributed by atoms with Crippen LogP contribution in [-0.2, 0) is 11.3 Å². The number of hydrogen-bond acceptors (Lipinski definition) is 4. The number of carboxylic acid groups (broad SMARTS) is 1. The largest absolute Gasteiger partial charge is 0.494 e. The number of carbonyl (C=O) groups is 2. The maximum absolute atomic E-state index is 12.2. The van der Waals surface area contributed by atoms with Crippen LogP contribution in [0.25, 0.3) is 0 Å². The number of carboxylic acids is 1. The monoisotopic (exact) mass is 345 g/mol. The fourth-order valence-electron chi connectivity index (χ4n) is 2.47. The highest BCUT2D eigenvalue weighted by atomic mass is 16.5. The van der Waals surface area contributed by atoms with Gasteiger partial charge in [0.2, 0.25) is 5.91 Å². The molecule has 0 saturated carbocycles. The number of benzene rings is 1. The molecule has 0 bridgehead atoms. The molecule has 1 aromatic carbocycles. The SMILES string of the molecule is Cc1cccc(OCCCC(=O)N(C)Cc2cc(C(=O)O)c(C)o2)c1. The minimum Gasteiger partial charge on any atom is -0.494 e. The summed E-state index contributed by atoms with van der Waals surface area (Å²) >= 11 is 0. The van der Waals surface area contributed by atoms with Crippen LogP contribution in [0.15, 0.2) is 34.7 Å². The molecule has 1 amide bonds. The van der Waals surface area contributed by atoms with E-state index in [0.29, 0.717) is 31.0 Å². The molecular weight excluding hydrogens is 322 g/mol. The lowest BCUT2D eigenvalue weighted by Crippen LogP contribution is -2.26. The minimum absolute atomic E-state index is 0.0428. The molecule has 0 aliphatic rings. The number of hydrogen-bond donors (Lipinski definition) is 1. The molecule has 2 rings (SSSR count). The van der Waals surface area contributed by atoms with Crippen molar-refractivity contribution in [3.05, 3.63) is 53.0 Å². The molecule has 0 aliphatic carbocycles. The number of ether oxygens (including phenoxy) is 1. The highest BCUT2D eigenvalue weighted by Gasteiger charge is 2.16. The normalized spacial score (nSPS) is 10.5. The molecule has 6 nitrogen and oxygen atoms in total. The summed E-state index contributed by atoms with van der Waals surface area (Å²) in [6, 6.07) is 9.23. The van der Waals surface area contributed by atoms with E-state index in [9.17, 15) is 9.59 Å². The summed E-state index contributed by atoms with van der Waals surface area (Å²) in [5, 5.41) is 9.02. The molecule has 0 saturated heterocycles. The van der Waals surface area contributed by atoms with Crippen molar-refractivity contribution in [2.45, 2.75) is 33.2 Å². The summed E-state index contributed by atoms with van der Waals surface area (Å²) in [6.45, 7) is 4.30. The second kappa shape index (κ2) is 8.37. The van der Waals surface area contributed by atoms with Gasteiger partial charge in [0.05, 0.1) is 13.2 Å². The van der Waals surface area contributed by atoms with E-state index in [1.165, 1.54) is 11.0 Å². The molecule has 0 spiro atoms. The molecule has 6 heteroatoms. The van der Waals surface area contributed by atoms with Gasteiger partial charge < -0.3 is 19.2 Å². The molecule has 1 heterocycles. The Balaban J connectivity index is 1.76. The zero-order valence-corrected chi connectivity index (χ0v) is 14.7. The van der Waals surface area contributed by atoms with Gasteiger partial charge in [-0.05, 0) is 44.0 Å². The molecule has 134 valence electrons. The van der Waals surface area contributed by atoms with Gasteiger partial charge >= 0.3 is 5.97 Å². The highest BCUT2D eigenvalue weighted by molar-refractivity contribution is 5.88. The van der Waals surface area contributed by atoms with Gasteiger partial charge in [0, 0.05) is 13.5 Å².